The van der Waals surface area contributed by atoms with Gasteiger partial charge in [0.15, 0.2) is 5.69 Å². The van der Waals surface area contributed by atoms with Gasteiger partial charge in [0.25, 0.3) is 5.69 Å². The molecule has 0 fully saturated rings. The first-order valence-electron chi connectivity index (χ1n) is 8.16. The molecule has 0 aliphatic rings. The van der Waals surface area contributed by atoms with Gasteiger partial charge >= 0.3 is 5.95 Å². The van der Waals surface area contributed by atoms with Crippen LogP contribution in [0.15, 0.2) is 51.9 Å². The molecule has 0 aliphatic heterocycles. The van der Waals surface area contributed by atoms with E-state index < -0.39 is 4.92 Å². The first kappa shape index (κ1) is 18.1. The Morgan fingerprint density at radius 3 is 2.74 bits per heavy atom. The molecule has 1 N–H and O–H groups in total. The molecule has 7 heteroatoms. The van der Waals surface area contributed by atoms with Crippen molar-refractivity contribution in [2.24, 2.45) is 4.99 Å². The molecule has 0 radical (unpaired) electrons. The van der Waals surface area contributed by atoms with Gasteiger partial charge in [-0.1, -0.05) is 29.8 Å². The lowest BCUT2D eigenvalue weighted by molar-refractivity contribution is -0.384. The van der Waals surface area contributed by atoms with Crippen LogP contribution in [0.2, 0.25) is 0 Å². The van der Waals surface area contributed by atoms with E-state index in [-0.39, 0.29) is 23.2 Å². The Kier molecular flexibility index (Phi) is 5.12. The molecule has 2 aromatic carbocycles. The fourth-order valence-corrected chi connectivity index (χ4v) is 2.49. The Morgan fingerprint density at radius 2 is 2.00 bits per heavy atom. The van der Waals surface area contributed by atoms with Crippen molar-refractivity contribution in [3.05, 3.63) is 80.9 Å². The van der Waals surface area contributed by atoms with Crippen LogP contribution in [0.25, 0.3) is 12.2 Å². The number of oxazole rings is 1. The van der Waals surface area contributed by atoms with Gasteiger partial charge in [0, 0.05) is 18.2 Å². The van der Waals surface area contributed by atoms with E-state index in [1.165, 1.54) is 24.4 Å². The predicted octanol–water partition coefficient (Wildman–Crippen LogP) is 4.83. The molecule has 27 heavy (non-hydrogen) atoms. The van der Waals surface area contributed by atoms with Gasteiger partial charge in [-0.05, 0) is 37.1 Å². The molecule has 136 valence electrons. The highest BCUT2D eigenvalue weighted by Gasteiger charge is 2.09. The molecule has 0 spiro atoms. The minimum Gasteiger partial charge on any atom is -0.479 e. The van der Waals surface area contributed by atoms with Gasteiger partial charge in [-0.25, -0.2) is 4.98 Å². The summed E-state index contributed by atoms with van der Waals surface area (Å²) < 4.78 is 5.18. The number of rotatable bonds is 5. The maximum absolute atomic E-state index is 10.8. The number of hydrogen-bond donors (Lipinski definition) is 1. The number of aromatic nitrogens is 1. The molecular formula is C20H17N3O4. The summed E-state index contributed by atoms with van der Waals surface area (Å²) in [5.41, 5.74) is 3.75. The molecule has 0 saturated carbocycles. The van der Waals surface area contributed by atoms with E-state index >= 15 is 0 Å². The van der Waals surface area contributed by atoms with Crippen molar-refractivity contribution < 1.29 is 14.4 Å². The third-order valence-corrected chi connectivity index (χ3v) is 3.83. The van der Waals surface area contributed by atoms with Gasteiger partial charge in [-0.2, -0.15) is 0 Å². The number of non-ortho nitro benzene ring substituents is 1. The lowest BCUT2D eigenvalue weighted by Crippen LogP contribution is -1.87. The molecule has 0 amide bonds. The molecule has 1 aromatic heterocycles. The molecule has 0 saturated heterocycles. The van der Waals surface area contributed by atoms with Gasteiger partial charge in [0.05, 0.1) is 16.8 Å². The van der Waals surface area contributed by atoms with E-state index in [4.69, 9.17) is 4.42 Å². The van der Waals surface area contributed by atoms with Crippen molar-refractivity contribution >= 4 is 29.7 Å². The Labute approximate surface area is 155 Å². The van der Waals surface area contributed by atoms with E-state index in [2.05, 4.69) is 9.98 Å². The maximum Gasteiger partial charge on any atom is 0.312 e. The molecule has 7 nitrogen and oxygen atoms in total. The van der Waals surface area contributed by atoms with Crippen molar-refractivity contribution in [2.45, 2.75) is 13.8 Å². The fraction of sp³-hybridized carbons (Fsp3) is 0.100. The second kappa shape index (κ2) is 7.65. The lowest BCUT2D eigenvalue weighted by atomic mass is 10.1. The van der Waals surface area contributed by atoms with Crippen LogP contribution in [0.4, 0.5) is 11.4 Å². The Hall–Kier alpha value is -3.74. The van der Waals surface area contributed by atoms with Crippen molar-refractivity contribution in [2.75, 3.05) is 0 Å². The van der Waals surface area contributed by atoms with Crippen molar-refractivity contribution in [3.63, 3.8) is 0 Å². The Morgan fingerprint density at radius 1 is 1.19 bits per heavy atom. The topological polar surface area (TPSA) is 102 Å². The summed E-state index contributed by atoms with van der Waals surface area (Å²) in [6.07, 6.45) is 4.57. The summed E-state index contributed by atoms with van der Waals surface area (Å²) in [4.78, 5) is 18.8. The third-order valence-electron chi connectivity index (χ3n) is 3.83. The Balaban J connectivity index is 1.79. The SMILES string of the molecule is Cc1ccc(N=Cc2nc(C=Cc3cccc([N+](=O)[O-])c3)oc2O)c(C)c1. The number of nitro benzene ring substituents is 1. The zero-order valence-electron chi connectivity index (χ0n) is 14.8. The van der Waals surface area contributed by atoms with Crippen molar-refractivity contribution in [3.8, 4) is 5.95 Å². The highest BCUT2D eigenvalue weighted by atomic mass is 16.6. The maximum atomic E-state index is 10.8. The summed E-state index contributed by atoms with van der Waals surface area (Å²) >= 11 is 0. The van der Waals surface area contributed by atoms with E-state index in [0.29, 0.717) is 5.56 Å². The van der Waals surface area contributed by atoms with Gasteiger partial charge in [-0.15, -0.1) is 0 Å². The molecule has 0 atom stereocenters. The fourth-order valence-electron chi connectivity index (χ4n) is 2.49. The Bertz CT molecular complexity index is 1050. The third kappa shape index (κ3) is 4.46. The van der Waals surface area contributed by atoms with Crippen molar-refractivity contribution in [1.82, 2.24) is 4.98 Å². The minimum atomic E-state index is -0.462. The standard InChI is InChI=1S/C20H17N3O4/c1-13-6-8-17(14(2)10-13)21-12-18-20(24)27-19(22-18)9-7-15-4-3-5-16(11-15)23(25)26/h3-12,24H,1-2H3. The van der Waals surface area contributed by atoms with Crippen LogP contribution >= 0.6 is 0 Å². The van der Waals surface area contributed by atoms with Crippen LogP contribution in [-0.4, -0.2) is 21.2 Å². The van der Waals surface area contributed by atoms with E-state index in [1.807, 2.05) is 32.0 Å². The van der Waals surface area contributed by atoms with E-state index in [0.717, 1.165) is 16.8 Å². The summed E-state index contributed by atoms with van der Waals surface area (Å²) in [5.74, 6) is -0.178. The molecule has 0 aliphatic carbocycles. The predicted molar refractivity (Wildman–Crippen MR) is 103 cm³/mol. The second-order valence-electron chi connectivity index (χ2n) is 5.98. The van der Waals surface area contributed by atoms with Gasteiger partial charge in [0.2, 0.25) is 5.89 Å². The molecule has 1 heterocycles. The van der Waals surface area contributed by atoms with Crippen LogP contribution in [0.5, 0.6) is 5.95 Å². The zero-order chi connectivity index (χ0) is 19.4. The van der Waals surface area contributed by atoms with Gasteiger partial charge in [0.1, 0.15) is 0 Å². The summed E-state index contributed by atoms with van der Waals surface area (Å²) in [7, 11) is 0. The highest BCUT2D eigenvalue weighted by molar-refractivity contribution is 5.83. The van der Waals surface area contributed by atoms with Gasteiger partial charge < -0.3 is 9.52 Å². The lowest BCUT2D eigenvalue weighted by Gasteiger charge is -2.00. The number of hydrogen-bond acceptors (Lipinski definition) is 6. The number of benzene rings is 2. The average molecular weight is 363 g/mol. The number of aryl methyl sites for hydroxylation is 2. The normalized spacial score (nSPS) is 11.5. The van der Waals surface area contributed by atoms with Crippen LogP contribution in [0, 0.1) is 24.0 Å². The summed E-state index contributed by atoms with van der Waals surface area (Å²) in [6, 6.07) is 12.0. The highest BCUT2D eigenvalue weighted by Crippen LogP contribution is 2.22. The largest absolute Gasteiger partial charge is 0.479 e. The smallest absolute Gasteiger partial charge is 0.312 e. The molecule has 3 aromatic rings. The van der Waals surface area contributed by atoms with Crippen LogP contribution in [0.1, 0.15) is 28.3 Å². The summed E-state index contributed by atoms with van der Waals surface area (Å²) in [6.45, 7) is 3.96. The zero-order valence-corrected chi connectivity index (χ0v) is 14.8. The molecular weight excluding hydrogens is 346 g/mol. The van der Waals surface area contributed by atoms with Crippen LogP contribution in [0.3, 0.4) is 0 Å². The first-order chi connectivity index (χ1) is 12.9. The number of nitro groups is 1. The molecule has 3 rings (SSSR count). The minimum absolute atomic E-state index is 0.00584. The second-order valence-corrected chi connectivity index (χ2v) is 5.98. The first-order valence-corrected chi connectivity index (χ1v) is 8.16. The average Bonchev–Trinajstić information content (AvgIpc) is 2.99. The quantitative estimate of drug-likeness (QED) is 0.397. The van der Waals surface area contributed by atoms with E-state index in [1.54, 1.807) is 18.2 Å². The number of aliphatic imine (C=N–C) groups is 1. The summed E-state index contributed by atoms with van der Waals surface area (Å²) in [5, 5.41) is 20.7. The van der Waals surface area contributed by atoms with Crippen LogP contribution in [-0.2, 0) is 0 Å². The molecule has 0 unspecified atom stereocenters. The number of nitrogens with zero attached hydrogens (tertiary/aromatic N) is 3. The van der Waals surface area contributed by atoms with Crippen molar-refractivity contribution in [1.29, 1.82) is 0 Å². The van der Waals surface area contributed by atoms with Crippen LogP contribution < -0.4 is 0 Å². The van der Waals surface area contributed by atoms with Gasteiger partial charge in [-0.3, -0.25) is 15.1 Å². The number of aromatic hydroxyl groups is 1. The molecule has 0 bridgehead atoms. The monoisotopic (exact) mass is 363 g/mol. The van der Waals surface area contributed by atoms with E-state index in [9.17, 15) is 15.2 Å².